The number of nitrogens with one attached hydrogen (secondary N) is 1. The number of primary amides is 1. The van der Waals surface area contributed by atoms with Crippen LogP contribution >= 0.6 is 0 Å². The number of nitrogens with zero attached hydrogens (tertiary/aromatic N) is 2. The highest BCUT2D eigenvalue weighted by molar-refractivity contribution is 5.89. The standard InChI is InChI=1S/C28H38N4O4/c1-3-32(28(36)31(2)17-18-33)19-20-13-15-21(16-14-20)23-11-7-8-12-24(23)27(35)30-25(26(29)34)22-9-5-4-6-10-22/h4-6,9-10,13-16,23-25,33H,3,7-8,11-12,17-19H2,1-2H3,(H2,29,34)(H,30,35)/t23-,24+,25-/m0/s1. The van der Waals surface area contributed by atoms with E-state index < -0.39 is 11.9 Å². The van der Waals surface area contributed by atoms with Gasteiger partial charge in [-0.05, 0) is 42.4 Å². The summed E-state index contributed by atoms with van der Waals surface area (Å²) < 4.78 is 0. The van der Waals surface area contributed by atoms with Crippen LogP contribution in [0, 0.1) is 5.92 Å². The molecule has 0 bridgehead atoms. The molecule has 0 radical (unpaired) electrons. The number of hydrogen-bond acceptors (Lipinski definition) is 4. The molecule has 0 aliphatic heterocycles. The van der Waals surface area contributed by atoms with Crippen molar-refractivity contribution in [2.24, 2.45) is 11.7 Å². The Kier molecular flexibility index (Phi) is 9.87. The van der Waals surface area contributed by atoms with E-state index in [1.807, 2.05) is 49.4 Å². The third-order valence-corrected chi connectivity index (χ3v) is 7.00. The van der Waals surface area contributed by atoms with Crippen molar-refractivity contribution in [3.05, 3.63) is 71.3 Å². The maximum Gasteiger partial charge on any atom is 0.320 e. The van der Waals surface area contributed by atoms with Gasteiger partial charge in [-0.3, -0.25) is 9.59 Å². The lowest BCUT2D eigenvalue weighted by Gasteiger charge is -2.32. The summed E-state index contributed by atoms with van der Waals surface area (Å²) in [5.74, 6) is -0.912. The lowest BCUT2D eigenvalue weighted by atomic mass is 9.74. The Morgan fingerprint density at radius 3 is 2.33 bits per heavy atom. The summed E-state index contributed by atoms with van der Waals surface area (Å²) in [6.45, 7) is 3.18. The molecule has 194 valence electrons. The molecule has 1 aliphatic carbocycles. The van der Waals surface area contributed by atoms with E-state index in [1.54, 1.807) is 24.1 Å². The van der Waals surface area contributed by atoms with Crippen molar-refractivity contribution in [1.82, 2.24) is 15.1 Å². The van der Waals surface area contributed by atoms with Crippen molar-refractivity contribution >= 4 is 17.8 Å². The van der Waals surface area contributed by atoms with E-state index >= 15 is 0 Å². The minimum Gasteiger partial charge on any atom is -0.395 e. The van der Waals surface area contributed by atoms with Crippen molar-refractivity contribution < 1.29 is 19.5 Å². The molecule has 0 spiro atoms. The Morgan fingerprint density at radius 2 is 1.72 bits per heavy atom. The summed E-state index contributed by atoms with van der Waals surface area (Å²) in [5.41, 5.74) is 8.38. The largest absolute Gasteiger partial charge is 0.395 e. The molecule has 0 aromatic heterocycles. The third kappa shape index (κ3) is 6.85. The lowest BCUT2D eigenvalue weighted by Crippen LogP contribution is -2.42. The van der Waals surface area contributed by atoms with Crippen LogP contribution in [0.1, 0.15) is 61.3 Å². The van der Waals surface area contributed by atoms with Crippen LogP contribution in [0.3, 0.4) is 0 Å². The second kappa shape index (κ2) is 13.1. The van der Waals surface area contributed by atoms with Gasteiger partial charge in [0, 0.05) is 32.6 Å². The molecule has 2 aromatic carbocycles. The number of aliphatic hydroxyl groups excluding tert-OH is 1. The van der Waals surface area contributed by atoms with Gasteiger partial charge in [-0.1, -0.05) is 67.4 Å². The number of likely N-dealkylation sites (N-methyl/N-ethyl adjacent to an activating group) is 1. The number of rotatable bonds is 10. The van der Waals surface area contributed by atoms with Crippen LogP contribution in [-0.2, 0) is 16.1 Å². The van der Waals surface area contributed by atoms with Gasteiger partial charge in [0.1, 0.15) is 6.04 Å². The molecule has 1 saturated carbocycles. The normalized spacial score (nSPS) is 18.2. The Bertz CT molecular complexity index is 1010. The molecule has 4 N–H and O–H groups in total. The fourth-order valence-corrected chi connectivity index (χ4v) is 4.95. The average Bonchev–Trinajstić information content (AvgIpc) is 2.90. The molecular weight excluding hydrogens is 456 g/mol. The van der Waals surface area contributed by atoms with E-state index in [0.29, 0.717) is 25.2 Å². The van der Waals surface area contributed by atoms with Gasteiger partial charge in [-0.2, -0.15) is 0 Å². The second-order valence-electron chi connectivity index (χ2n) is 9.44. The lowest BCUT2D eigenvalue weighted by molar-refractivity contribution is -0.131. The molecule has 0 heterocycles. The number of urea groups is 1. The predicted octanol–water partition coefficient (Wildman–Crippen LogP) is 3.17. The number of aliphatic hydroxyl groups is 1. The maximum absolute atomic E-state index is 13.3. The Morgan fingerprint density at radius 1 is 1.06 bits per heavy atom. The smallest absolute Gasteiger partial charge is 0.320 e. The van der Waals surface area contributed by atoms with E-state index in [1.165, 1.54) is 4.90 Å². The van der Waals surface area contributed by atoms with E-state index in [0.717, 1.165) is 36.8 Å². The SMILES string of the molecule is CCN(Cc1ccc([C@@H]2CCCC[C@H]2C(=O)N[C@H](C(N)=O)c2ccccc2)cc1)C(=O)N(C)CCO. The van der Waals surface area contributed by atoms with Crippen LogP contribution in [0.4, 0.5) is 4.79 Å². The van der Waals surface area contributed by atoms with Gasteiger partial charge in [0.25, 0.3) is 0 Å². The number of carbonyl (C=O) groups excluding carboxylic acids is 3. The topological polar surface area (TPSA) is 116 Å². The fourth-order valence-electron chi connectivity index (χ4n) is 4.95. The quantitative estimate of drug-likeness (QED) is 0.470. The van der Waals surface area contributed by atoms with Gasteiger partial charge in [-0.25, -0.2) is 4.79 Å². The number of hydrogen-bond donors (Lipinski definition) is 3. The van der Waals surface area contributed by atoms with E-state index in [4.69, 9.17) is 10.8 Å². The first-order valence-electron chi connectivity index (χ1n) is 12.7. The number of nitrogens with two attached hydrogens (primary N) is 1. The first kappa shape index (κ1) is 27.2. The van der Waals surface area contributed by atoms with Crippen molar-refractivity contribution in [3.8, 4) is 0 Å². The molecule has 0 saturated heterocycles. The van der Waals surface area contributed by atoms with Gasteiger partial charge >= 0.3 is 6.03 Å². The molecule has 3 atom stereocenters. The first-order chi connectivity index (χ1) is 17.3. The minimum absolute atomic E-state index is 0.0525. The van der Waals surface area contributed by atoms with Crippen LogP contribution in [0.25, 0.3) is 0 Å². The van der Waals surface area contributed by atoms with Gasteiger partial charge in [0.2, 0.25) is 11.8 Å². The van der Waals surface area contributed by atoms with E-state index in [9.17, 15) is 14.4 Å². The Balaban J connectivity index is 1.71. The van der Waals surface area contributed by atoms with E-state index in [2.05, 4.69) is 5.32 Å². The highest BCUT2D eigenvalue weighted by Gasteiger charge is 2.34. The van der Waals surface area contributed by atoms with Crippen molar-refractivity contribution in [1.29, 1.82) is 0 Å². The monoisotopic (exact) mass is 494 g/mol. The maximum atomic E-state index is 13.3. The summed E-state index contributed by atoms with van der Waals surface area (Å²) >= 11 is 0. The zero-order valence-corrected chi connectivity index (χ0v) is 21.2. The predicted molar refractivity (Wildman–Crippen MR) is 139 cm³/mol. The molecule has 4 amide bonds. The molecule has 1 fully saturated rings. The summed E-state index contributed by atoms with van der Waals surface area (Å²) in [4.78, 5) is 41.3. The number of amides is 4. The highest BCUT2D eigenvalue weighted by atomic mass is 16.3. The fraction of sp³-hybridized carbons (Fsp3) is 0.464. The van der Waals surface area contributed by atoms with Crippen molar-refractivity contribution in [2.75, 3.05) is 26.7 Å². The molecule has 36 heavy (non-hydrogen) atoms. The van der Waals surface area contributed by atoms with Crippen LogP contribution < -0.4 is 11.1 Å². The van der Waals surface area contributed by atoms with Crippen molar-refractivity contribution in [2.45, 2.75) is 51.1 Å². The zero-order chi connectivity index (χ0) is 26.1. The third-order valence-electron chi connectivity index (χ3n) is 7.00. The van der Waals surface area contributed by atoms with Gasteiger partial charge < -0.3 is 26.0 Å². The summed E-state index contributed by atoms with van der Waals surface area (Å²) in [6.07, 6.45) is 3.67. The van der Waals surface area contributed by atoms with Gasteiger partial charge in [0.05, 0.1) is 6.61 Å². The molecule has 0 unspecified atom stereocenters. The van der Waals surface area contributed by atoms with Crippen molar-refractivity contribution in [3.63, 3.8) is 0 Å². The minimum atomic E-state index is -0.856. The van der Waals surface area contributed by atoms with Crippen LogP contribution in [0.5, 0.6) is 0 Å². The zero-order valence-electron chi connectivity index (χ0n) is 21.2. The van der Waals surface area contributed by atoms with Crippen LogP contribution in [-0.4, -0.2) is 59.5 Å². The molecular formula is C28H38N4O4. The first-order valence-corrected chi connectivity index (χ1v) is 12.7. The highest BCUT2D eigenvalue weighted by Crippen LogP contribution is 2.38. The number of carbonyl (C=O) groups is 3. The van der Waals surface area contributed by atoms with Crippen LogP contribution in [0.2, 0.25) is 0 Å². The molecule has 8 heteroatoms. The summed E-state index contributed by atoms with van der Waals surface area (Å²) in [5, 5.41) is 12.0. The Labute approximate surface area is 213 Å². The summed E-state index contributed by atoms with van der Waals surface area (Å²) in [6, 6.07) is 16.2. The van der Waals surface area contributed by atoms with Gasteiger partial charge in [-0.15, -0.1) is 0 Å². The van der Waals surface area contributed by atoms with Gasteiger partial charge in [0.15, 0.2) is 0 Å². The number of benzene rings is 2. The van der Waals surface area contributed by atoms with E-state index in [-0.39, 0.29) is 30.4 Å². The molecule has 8 nitrogen and oxygen atoms in total. The molecule has 3 rings (SSSR count). The Hall–Kier alpha value is -3.39. The van der Waals surface area contributed by atoms with Crippen LogP contribution in [0.15, 0.2) is 54.6 Å². The molecule has 1 aliphatic rings. The second-order valence-corrected chi connectivity index (χ2v) is 9.44. The molecule has 2 aromatic rings. The summed E-state index contributed by atoms with van der Waals surface area (Å²) in [7, 11) is 1.68. The average molecular weight is 495 g/mol.